The van der Waals surface area contributed by atoms with Gasteiger partial charge in [0.2, 0.25) is 5.91 Å². The third kappa shape index (κ3) is 12.5. The SMILES string of the molecule is CC(C)(C)OC(=O)[C@H](CCCCNC(=O)C1CCC(CNC(=O)OCC2c3ccccc3-c3ccccc32)CC1)NC(=O)N[C@@H](CCC(=O)O)C(=O)O. The van der Waals surface area contributed by atoms with Crippen molar-refractivity contribution in [2.24, 2.45) is 11.8 Å². The number of fused-ring (bicyclic) bond motifs is 3. The van der Waals surface area contributed by atoms with Crippen LogP contribution in [-0.2, 0) is 28.7 Å². The molecule has 0 unspecified atom stereocenters. The van der Waals surface area contributed by atoms with Crippen molar-refractivity contribution in [1.29, 1.82) is 0 Å². The molecule has 0 spiro atoms. The van der Waals surface area contributed by atoms with Crippen LogP contribution in [0.3, 0.4) is 0 Å². The van der Waals surface area contributed by atoms with Crippen LogP contribution in [0.1, 0.15) is 95.6 Å². The molecule has 4 amide bonds. The summed E-state index contributed by atoms with van der Waals surface area (Å²) in [6.07, 6.45) is 2.90. The first-order valence-electron chi connectivity index (χ1n) is 18.3. The van der Waals surface area contributed by atoms with E-state index in [2.05, 4.69) is 45.5 Å². The second kappa shape index (κ2) is 19.1. The summed E-state index contributed by atoms with van der Waals surface area (Å²) < 4.78 is 11.1. The molecular weight excluding hydrogens is 684 g/mol. The van der Waals surface area contributed by atoms with Crippen LogP contribution >= 0.6 is 0 Å². The first kappa shape index (κ1) is 40.6. The molecule has 2 aliphatic rings. The van der Waals surface area contributed by atoms with Gasteiger partial charge in [-0.1, -0.05) is 48.5 Å². The number of hydrogen-bond donors (Lipinski definition) is 6. The molecule has 0 saturated heterocycles. The lowest BCUT2D eigenvalue weighted by Crippen LogP contribution is -2.52. The standard InChI is InChI=1S/C39H52N4O10/c1-39(2,3)53-36(49)32(43-37(50)42-31(35(47)48)19-20-33(44)45)14-8-9-21-40-34(46)25-17-15-24(16-18-25)22-41-38(51)52-23-30-28-12-6-4-10-26(28)27-11-5-7-13-29(27)30/h4-7,10-13,24-25,30-32H,8-9,14-23H2,1-3H3,(H,40,46)(H,41,51)(H,44,45)(H,47,48)(H2,42,43,50)/t24?,25?,31-,32-/m0/s1. The minimum Gasteiger partial charge on any atom is -0.481 e. The molecule has 0 radical (unpaired) electrons. The Kier molecular flexibility index (Phi) is 14.6. The topological polar surface area (TPSA) is 209 Å². The Morgan fingerprint density at radius 1 is 0.792 bits per heavy atom. The van der Waals surface area contributed by atoms with Crippen molar-refractivity contribution in [3.05, 3.63) is 59.7 Å². The smallest absolute Gasteiger partial charge is 0.407 e. The lowest BCUT2D eigenvalue weighted by atomic mass is 9.81. The summed E-state index contributed by atoms with van der Waals surface area (Å²) in [5.74, 6) is -3.24. The number of benzene rings is 2. The van der Waals surface area contributed by atoms with E-state index in [4.69, 9.17) is 14.6 Å². The van der Waals surface area contributed by atoms with E-state index in [1.165, 1.54) is 11.1 Å². The molecule has 0 aliphatic heterocycles. The molecule has 2 aromatic carbocycles. The Morgan fingerprint density at radius 3 is 1.98 bits per heavy atom. The van der Waals surface area contributed by atoms with E-state index in [-0.39, 0.29) is 43.1 Å². The van der Waals surface area contributed by atoms with E-state index in [9.17, 15) is 33.9 Å². The number of unbranched alkanes of at least 4 members (excludes halogenated alkanes) is 1. The number of nitrogens with one attached hydrogen (secondary N) is 4. The van der Waals surface area contributed by atoms with Gasteiger partial charge in [-0.25, -0.2) is 19.2 Å². The number of ether oxygens (including phenoxy) is 2. The maximum absolute atomic E-state index is 12.9. The Labute approximate surface area is 309 Å². The highest BCUT2D eigenvalue weighted by Gasteiger charge is 2.31. The molecule has 1 fully saturated rings. The van der Waals surface area contributed by atoms with Gasteiger partial charge in [-0.2, -0.15) is 0 Å². The fourth-order valence-electron chi connectivity index (χ4n) is 6.84. The van der Waals surface area contributed by atoms with Crippen LogP contribution in [0.25, 0.3) is 11.1 Å². The van der Waals surface area contributed by atoms with Crippen molar-refractivity contribution < 1.29 is 48.5 Å². The zero-order valence-corrected chi connectivity index (χ0v) is 30.7. The van der Waals surface area contributed by atoms with Crippen LogP contribution in [0.15, 0.2) is 48.5 Å². The quantitative estimate of drug-likeness (QED) is 0.0951. The second-order valence-corrected chi connectivity index (χ2v) is 14.7. The van der Waals surface area contributed by atoms with Crippen molar-refractivity contribution in [2.75, 3.05) is 19.7 Å². The summed E-state index contributed by atoms with van der Waals surface area (Å²) in [6, 6.07) is 12.9. The largest absolute Gasteiger partial charge is 0.481 e. The third-order valence-corrected chi connectivity index (χ3v) is 9.56. The Morgan fingerprint density at radius 2 is 1.40 bits per heavy atom. The van der Waals surface area contributed by atoms with Crippen LogP contribution in [0, 0.1) is 11.8 Å². The van der Waals surface area contributed by atoms with E-state index in [1.54, 1.807) is 20.8 Å². The number of rotatable bonds is 17. The van der Waals surface area contributed by atoms with Gasteiger partial charge >= 0.3 is 30.0 Å². The summed E-state index contributed by atoms with van der Waals surface area (Å²) in [5.41, 5.74) is 3.83. The van der Waals surface area contributed by atoms with Crippen molar-refractivity contribution in [1.82, 2.24) is 21.3 Å². The summed E-state index contributed by atoms with van der Waals surface area (Å²) in [5, 5.41) is 28.7. The number of carbonyl (C=O) groups excluding carboxylic acids is 4. The third-order valence-electron chi connectivity index (χ3n) is 9.56. The van der Waals surface area contributed by atoms with E-state index in [0.29, 0.717) is 38.8 Å². The molecule has 14 nitrogen and oxygen atoms in total. The molecule has 4 rings (SSSR count). The molecule has 6 N–H and O–H groups in total. The molecule has 1 saturated carbocycles. The number of amides is 4. The minimum atomic E-state index is -1.45. The molecule has 0 aromatic heterocycles. The Hall–Kier alpha value is -5.14. The lowest BCUT2D eigenvalue weighted by molar-refractivity contribution is -0.157. The van der Waals surface area contributed by atoms with Gasteiger partial charge in [0.25, 0.3) is 0 Å². The van der Waals surface area contributed by atoms with Gasteiger partial charge in [-0.05, 0) is 100 Å². The predicted molar refractivity (Wildman–Crippen MR) is 195 cm³/mol. The van der Waals surface area contributed by atoms with E-state index in [1.807, 2.05) is 24.3 Å². The van der Waals surface area contributed by atoms with Gasteiger partial charge in [-0.3, -0.25) is 9.59 Å². The molecule has 14 heteroatoms. The number of carboxylic acid groups (broad SMARTS) is 2. The summed E-state index contributed by atoms with van der Waals surface area (Å²) in [7, 11) is 0. The van der Waals surface area contributed by atoms with Crippen molar-refractivity contribution in [3.8, 4) is 11.1 Å². The van der Waals surface area contributed by atoms with Crippen molar-refractivity contribution in [3.63, 3.8) is 0 Å². The van der Waals surface area contributed by atoms with Crippen molar-refractivity contribution in [2.45, 2.75) is 102 Å². The summed E-state index contributed by atoms with van der Waals surface area (Å²) in [6.45, 7) is 6.14. The fraction of sp³-hybridized carbons (Fsp3) is 0.538. The molecule has 0 heterocycles. The molecule has 2 aliphatic carbocycles. The van der Waals surface area contributed by atoms with Crippen LogP contribution in [0.5, 0.6) is 0 Å². The Balaban J connectivity index is 1.13. The zero-order valence-electron chi connectivity index (χ0n) is 30.7. The molecule has 288 valence electrons. The minimum absolute atomic E-state index is 0.00618. The molecular formula is C39H52N4O10. The van der Waals surface area contributed by atoms with Gasteiger partial charge in [-0.15, -0.1) is 0 Å². The van der Waals surface area contributed by atoms with Crippen LogP contribution in [0.4, 0.5) is 9.59 Å². The van der Waals surface area contributed by atoms with E-state index in [0.717, 1.165) is 24.0 Å². The number of carboxylic acids is 2. The number of aliphatic carboxylic acids is 2. The van der Waals surface area contributed by atoms with Gasteiger partial charge < -0.3 is 41.0 Å². The maximum Gasteiger partial charge on any atom is 0.407 e. The molecule has 2 aromatic rings. The van der Waals surface area contributed by atoms with Crippen LogP contribution in [0.2, 0.25) is 0 Å². The molecule has 0 bridgehead atoms. The summed E-state index contributed by atoms with van der Waals surface area (Å²) >= 11 is 0. The normalized spacial score (nSPS) is 17.6. The van der Waals surface area contributed by atoms with Crippen molar-refractivity contribution >= 4 is 35.9 Å². The van der Waals surface area contributed by atoms with Crippen LogP contribution < -0.4 is 21.3 Å². The summed E-state index contributed by atoms with van der Waals surface area (Å²) in [4.78, 5) is 73.2. The first-order chi connectivity index (χ1) is 25.2. The number of urea groups is 1. The average Bonchev–Trinajstić information content (AvgIpc) is 3.43. The molecule has 2 atom stereocenters. The monoisotopic (exact) mass is 736 g/mol. The number of carbonyl (C=O) groups is 6. The lowest BCUT2D eigenvalue weighted by Gasteiger charge is -2.28. The molecule has 53 heavy (non-hydrogen) atoms. The number of hydrogen-bond acceptors (Lipinski definition) is 8. The first-order valence-corrected chi connectivity index (χ1v) is 18.3. The fourth-order valence-corrected chi connectivity index (χ4v) is 6.84. The second-order valence-electron chi connectivity index (χ2n) is 14.7. The Bertz CT molecular complexity index is 1570. The number of alkyl carbamates (subject to hydrolysis) is 1. The van der Waals surface area contributed by atoms with E-state index >= 15 is 0 Å². The highest BCUT2D eigenvalue weighted by atomic mass is 16.6. The maximum atomic E-state index is 12.9. The highest BCUT2D eigenvalue weighted by Crippen LogP contribution is 2.44. The predicted octanol–water partition coefficient (Wildman–Crippen LogP) is 4.95. The average molecular weight is 737 g/mol. The highest BCUT2D eigenvalue weighted by molar-refractivity contribution is 5.87. The van der Waals surface area contributed by atoms with Crippen LogP contribution in [-0.4, -0.2) is 83.5 Å². The van der Waals surface area contributed by atoms with E-state index < -0.39 is 54.1 Å². The zero-order chi connectivity index (χ0) is 38.5. The number of esters is 1. The van der Waals surface area contributed by atoms with Gasteiger partial charge in [0.05, 0.1) is 0 Å². The van der Waals surface area contributed by atoms with Gasteiger partial charge in [0.15, 0.2) is 0 Å². The van der Waals surface area contributed by atoms with Gasteiger partial charge in [0, 0.05) is 31.3 Å². The van der Waals surface area contributed by atoms with Gasteiger partial charge in [0.1, 0.15) is 24.3 Å².